The zero-order valence-electron chi connectivity index (χ0n) is 14.5. The molecule has 0 aliphatic carbocycles. The molecule has 0 bridgehead atoms. The predicted octanol–water partition coefficient (Wildman–Crippen LogP) is -1.46. The molecule has 142 valence electrons. The van der Waals surface area contributed by atoms with Gasteiger partial charge in [0.25, 0.3) is 0 Å². The summed E-state index contributed by atoms with van der Waals surface area (Å²) in [4.78, 5) is 11.6. The Morgan fingerprint density at radius 1 is 1.52 bits per heavy atom. The van der Waals surface area contributed by atoms with Gasteiger partial charge in [0, 0.05) is 26.7 Å². The Labute approximate surface area is 146 Å². The van der Waals surface area contributed by atoms with Crippen molar-refractivity contribution in [1.82, 2.24) is 19.8 Å². The first-order valence-corrected chi connectivity index (χ1v) is 9.21. The van der Waals surface area contributed by atoms with E-state index in [1.54, 1.807) is 13.8 Å². The van der Waals surface area contributed by atoms with Gasteiger partial charge in [-0.2, -0.15) is 9.40 Å². The van der Waals surface area contributed by atoms with Crippen molar-refractivity contribution in [1.29, 1.82) is 0 Å². The van der Waals surface area contributed by atoms with Gasteiger partial charge >= 0.3 is 0 Å². The second kappa shape index (κ2) is 7.79. The molecule has 2 rings (SSSR count). The zero-order chi connectivity index (χ0) is 18.7. The number of carbonyl (C=O) groups excluding carboxylic acids is 1. The van der Waals surface area contributed by atoms with Gasteiger partial charge < -0.3 is 19.9 Å². The first-order valence-electron chi connectivity index (χ1n) is 7.77. The van der Waals surface area contributed by atoms with E-state index in [1.165, 1.54) is 7.11 Å². The number of nitrogens with zero attached hydrogens (tertiary/aromatic N) is 2. The van der Waals surface area contributed by atoms with E-state index in [0.717, 1.165) is 4.31 Å². The van der Waals surface area contributed by atoms with Crippen molar-refractivity contribution in [3.63, 3.8) is 0 Å². The lowest BCUT2D eigenvalue weighted by Crippen LogP contribution is -2.53. The number of aliphatic hydroxyl groups is 1. The number of H-pyrrole nitrogens is 1. The highest BCUT2D eigenvalue weighted by Gasteiger charge is 2.39. The molecule has 1 atom stereocenters. The summed E-state index contributed by atoms with van der Waals surface area (Å²) in [7, 11) is -2.48. The summed E-state index contributed by atoms with van der Waals surface area (Å²) in [6.07, 6.45) is 0. The highest BCUT2D eigenvalue weighted by molar-refractivity contribution is 7.89. The summed E-state index contributed by atoms with van der Waals surface area (Å²) in [5.41, 5.74) is -0.752. The fourth-order valence-electron chi connectivity index (χ4n) is 2.69. The van der Waals surface area contributed by atoms with Crippen LogP contribution in [0.15, 0.2) is 4.90 Å². The number of ether oxygens (including phenoxy) is 2. The molecule has 0 spiro atoms. The van der Waals surface area contributed by atoms with Crippen molar-refractivity contribution in [3.05, 3.63) is 11.4 Å². The van der Waals surface area contributed by atoms with E-state index in [2.05, 4.69) is 15.5 Å². The molecule has 1 aliphatic heterocycles. The van der Waals surface area contributed by atoms with Gasteiger partial charge in [0.05, 0.1) is 24.6 Å². The van der Waals surface area contributed by atoms with Gasteiger partial charge in [-0.1, -0.05) is 0 Å². The standard InChI is InChI=1S/C14H24N4O6S/c1-10-13(11(2)17-16-10)25(21,22)18-4-5-24-9-14(20,8-18)7-15-12(19)6-23-3/h20H,4-9H2,1-3H3,(H,15,19)(H,16,17)/t14-/m0/s1. The summed E-state index contributed by atoms with van der Waals surface area (Å²) in [6.45, 7) is 2.88. The number of carbonyl (C=O) groups is 1. The SMILES string of the molecule is COCC(=O)NC[C@@]1(O)COCCN(S(=O)(=O)c2c(C)n[nH]c2C)C1. The number of amides is 1. The van der Waals surface area contributed by atoms with Crippen LogP contribution in [0.2, 0.25) is 0 Å². The number of aromatic nitrogens is 2. The summed E-state index contributed by atoms with van der Waals surface area (Å²) < 4.78 is 37.1. The molecule has 1 fully saturated rings. The molecule has 0 unspecified atom stereocenters. The average molecular weight is 376 g/mol. The molecule has 0 radical (unpaired) electrons. The van der Waals surface area contributed by atoms with Crippen LogP contribution in [-0.2, 0) is 24.3 Å². The van der Waals surface area contributed by atoms with Gasteiger partial charge in [0.1, 0.15) is 17.1 Å². The minimum Gasteiger partial charge on any atom is -0.384 e. The van der Waals surface area contributed by atoms with Crippen LogP contribution in [-0.4, -0.2) is 86.1 Å². The molecular formula is C14H24N4O6S. The Balaban J connectivity index is 2.19. The normalized spacial score (nSPS) is 22.6. The molecule has 25 heavy (non-hydrogen) atoms. The number of methoxy groups -OCH3 is 1. The van der Waals surface area contributed by atoms with Crippen LogP contribution in [0.4, 0.5) is 0 Å². The number of β-amino-alcohol motifs (C(OH)–C–C–N with tert-alkyl or cyclic N) is 1. The van der Waals surface area contributed by atoms with Crippen molar-refractivity contribution in [2.24, 2.45) is 0 Å². The highest BCUT2D eigenvalue weighted by Crippen LogP contribution is 2.24. The third-order valence-corrected chi connectivity index (χ3v) is 5.98. The van der Waals surface area contributed by atoms with E-state index < -0.39 is 21.5 Å². The highest BCUT2D eigenvalue weighted by atomic mass is 32.2. The van der Waals surface area contributed by atoms with Crippen LogP contribution in [0.3, 0.4) is 0 Å². The number of hydrogen-bond donors (Lipinski definition) is 3. The summed E-state index contributed by atoms with van der Waals surface area (Å²) in [5.74, 6) is -0.406. The average Bonchev–Trinajstić information content (AvgIpc) is 2.76. The molecule has 3 N–H and O–H groups in total. The predicted molar refractivity (Wildman–Crippen MR) is 87.5 cm³/mol. The van der Waals surface area contributed by atoms with Crippen molar-refractivity contribution in [2.45, 2.75) is 24.3 Å². The molecule has 1 aromatic rings. The summed E-state index contributed by atoms with van der Waals surface area (Å²) in [6, 6.07) is 0. The molecule has 1 aromatic heterocycles. The number of nitrogens with one attached hydrogen (secondary N) is 2. The number of aryl methyl sites for hydroxylation is 2. The second-order valence-corrected chi connectivity index (χ2v) is 7.96. The van der Waals surface area contributed by atoms with Crippen LogP contribution in [0, 0.1) is 13.8 Å². The van der Waals surface area contributed by atoms with E-state index in [-0.39, 0.29) is 44.4 Å². The van der Waals surface area contributed by atoms with Crippen molar-refractivity contribution in [2.75, 3.05) is 46.6 Å². The maximum absolute atomic E-state index is 13.0. The minimum atomic E-state index is -3.86. The van der Waals surface area contributed by atoms with E-state index in [1.807, 2.05) is 0 Å². The van der Waals surface area contributed by atoms with Crippen LogP contribution >= 0.6 is 0 Å². The van der Waals surface area contributed by atoms with Crippen molar-refractivity contribution < 1.29 is 27.8 Å². The smallest absolute Gasteiger partial charge is 0.246 e. The van der Waals surface area contributed by atoms with Crippen LogP contribution in [0.5, 0.6) is 0 Å². The Morgan fingerprint density at radius 2 is 2.24 bits per heavy atom. The van der Waals surface area contributed by atoms with E-state index in [0.29, 0.717) is 11.4 Å². The molecule has 1 saturated heterocycles. The van der Waals surface area contributed by atoms with Crippen LogP contribution in [0.25, 0.3) is 0 Å². The molecular weight excluding hydrogens is 352 g/mol. The molecule has 11 heteroatoms. The largest absolute Gasteiger partial charge is 0.384 e. The molecule has 0 saturated carbocycles. The summed E-state index contributed by atoms with van der Waals surface area (Å²) in [5, 5.41) is 19.8. The van der Waals surface area contributed by atoms with Gasteiger partial charge in [-0.05, 0) is 13.8 Å². The van der Waals surface area contributed by atoms with Gasteiger partial charge in [0.2, 0.25) is 15.9 Å². The van der Waals surface area contributed by atoms with Crippen molar-refractivity contribution in [3.8, 4) is 0 Å². The van der Waals surface area contributed by atoms with Crippen molar-refractivity contribution >= 4 is 15.9 Å². The monoisotopic (exact) mass is 376 g/mol. The second-order valence-electron chi connectivity index (χ2n) is 6.09. The topological polar surface area (TPSA) is 134 Å². The first kappa shape index (κ1) is 19.8. The number of aromatic amines is 1. The third-order valence-electron chi connectivity index (χ3n) is 3.87. The number of hydrogen-bond acceptors (Lipinski definition) is 7. The van der Waals surface area contributed by atoms with E-state index in [4.69, 9.17) is 9.47 Å². The Kier molecular flexibility index (Phi) is 6.16. The van der Waals surface area contributed by atoms with Gasteiger partial charge in [-0.3, -0.25) is 9.89 Å². The maximum Gasteiger partial charge on any atom is 0.246 e. The fourth-order valence-corrected chi connectivity index (χ4v) is 4.52. The number of rotatable bonds is 6. The summed E-state index contributed by atoms with van der Waals surface area (Å²) >= 11 is 0. The lowest BCUT2D eigenvalue weighted by molar-refractivity contribution is -0.126. The molecule has 10 nitrogen and oxygen atoms in total. The van der Waals surface area contributed by atoms with Crippen LogP contribution in [0.1, 0.15) is 11.4 Å². The molecule has 0 aromatic carbocycles. The first-order chi connectivity index (χ1) is 11.7. The van der Waals surface area contributed by atoms with E-state index >= 15 is 0 Å². The Morgan fingerprint density at radius 3 is 2.84 bits per heavy atom. The van der Waals surface area contributed by atoms with Gasteiger partial charge in [-0.25, -0.2) is 8.42 Å². The van der Waals surface area contributed by atoms with Crippen LogP contribution < -0.4 is 5.32 Å². The fraction of sp³-hybridized carbons (Fsp3) is 0.714. The Bertz CT molecular complexity index is 699. The molecule has 1 aliphatic rings. The molecule has 1 amide bonds. The Hall–Kier alpha value is -1.53. The van der Waals surface area contributed by atoms with Gasteiger partial charge in [0.15, 0.2) is 0 Å². The maximum atomic E-state index is 13.0. The van der Waals surface area contributed by atoms with Gasteiger partial charge in [-0.15, -0.1) is 0 Å². The minimum absolute atomic E-state index is 0.0877. The molecule has 2 heterocycles. The lowest BCUT2D eigenvalue weighted by Gasteiger charge is -2.30. The number of sulfonamides is 1. The zero-order valence-corrected chi connectivity index (χ0v) is 15.4. The lowest BCUT2D eigenvalue weighted by atomic mass is 10.1. The quantitative estimate of drug-likeness (QED) is 0.552. The third kappa shape index (κ3) is 4.55. The van der Waals surface area contributed by atoms with E-state index in [9.17, 15) is 18.3 Å².